The van der Waals surface area contributed by atoms with Crippen LogP contribution >= 0.6 is 0 Å². The number of aromatic amines is 1. The molecule has 0 aromatic carbocycles. The molecule has 1 heterocycles. The lowest BCUT2D eigenvalue weighted by molar-refractivity contribution is -0.126. The normalized spacial score (nSPS) is 10.9. The standard InChI is InChI=1S/C11H17N3O/c1-4-6-11(15)14(5-2)7-10-9(3)12-8-13-10/h4,6,8H,5,7H2,1-3H3,(H,12,13)/b6-4+. The molecule has 1 rings (SSSR count). The van der Waals surface area contributed by atoms with Gasteiger partial charge in [0, 0.05) is 12.2 Å². The number of imidazole rings is 1. The maximum Gasteiger partial charge on any atom is 0.246 e. The lowest BCUT2D eigenvalue weighted by atomic mass is 10.3. The van der Waals surface area contributed by atoms with Crippen molar-refractivity contribution in [3.63, 3.8) is 0 Å². The molecule has 0 saturated heterocycles. The molecule has 1 aromatic heterocycles. The number of carbonyl (C=O) groups is 1. The van der Waals surface area contributed by atoms with Gasteiger partial charge in [0.15, 0.2) is 0 Å². The molecule has 1 N–H and O–H groups in total. The number of hydrogen-bond acceptors (Lipinski definition) is 2. The van der Waals surface area contributed by atoms with Crippen molar-refractivity contribution in [2.45, 2.75) is 27.3 Å². The molecule has 4 nitrogen and oxygen atoms in total. The van der Waals surface area contributed by atoms with Crippen LogP contribution in [0.15, 0.2) is 18.5 Å². The third-order valence-corrected chi connectivity index (χ3v) is 2.28. The first-order chi connectivity index (χ1) is 7.19. The Hall–Kier alpha value is -1.58. The van der Waals surface area contributed by atoms with E-state index in [1.165, 1.54) is 0 Å². The summed E-state index contributed by atoms with van der Waals surface area (Å²) in [6, 6.07) is 0. The quantitative estimate of drug-likeness (QED) is 0.763. The number of carbonyl (C=O) groups excluding carboxylic acids is 1. The number of nitrogens with one attached hydrogen (secondary N) is 1. The summed E-state index contributed by atoms with van der Waals surface area (Å²) in [4.78, 5) is 20.5. The van der Waals surface area contributed by atoms with Gasteiger partial charge in [-0.25, -0.2) is 4.98 Å². The number of H-pyrrole nitrogens is 1. The smallest absolute Gasteiger partial charge is 0.246 e. The number of aromatic nitrogens is 2. The Bertz CT molecular complexity index is 354. The largest absolute Gasteiger partial charge is 0.348 e. The van der Waals surface area contributed by atoms with Crippen LogP contribution < -0.4 is 0 Å². The fraction of sp³-hybridized carbons (Fsp3) is 0.455. The molecule has 0 aliphatic rings. The van der Waals surface area contributed by atoms with Gasteiger partial charge in [-0.2, -0.15) is 0 Å². The van der Waals surface area contributed by atoms with E-state index in [0.29, 0.717) is 13.1 Å². The van der Waals surface area contributed by atoms with Crippen molar-refractivity contribution < 1.29 is 4.79 Å². The third-order valence-electron chi connectivity index (χ3n) is 2.28. The summed E-state index contributed by atoms with van der Waals surface area (Å²) >= 11 is 0. The van der Waals surface area contributed by atoms with E-state index in [0.717, 1.165) is 11.4 Å². The van der Waals surface area contributed by atoms with Crippen LogP contribution in [0.25, 0.3) is 0 Å². The topological polar surface area (TPSA) is 49.0 Å². The summed E-state index contributed by atoms with van der Waals surface area (Å²) in [6.07, 6.45) is 4.98. The first-order valence-electron chi connectivity index (χ1n) is 5.09. The molecule has 0 bridgehead atoms. The predicted octanol–water partition coefficient (Wildman–Crippen LogP) is 1.64. The van der Waals surface area contributed by atoms with Crippen molar-refractivity contribution in [1.82, 2.24) is 14.9 Å². The Labute approximate surface area is 90.0 Å². The van der Waals surface area contributed by atoms with E-state index in [4.69, 9.17) is 0 Å². The fourth-order valence-corrected chi connectivity index (χ4v) is 1.32. The Kier molecular flexibility index (Phi) is 4.09. The SMILES string of the molecule is C/C=C/C(=O)N(CC)Cc1nc[nH]c1C. The van der Waals surface area contributed by atoms with Crippen molar-refractivity contribution in [3.05, 3.63) is 29.9 Å². The highest BCUT2D eigenvalue weighted by Gasteiger charge is 2.11. The summed E-state index contributed by atoms with van der Waals surface area (Å²) in [5, 5.41) is 0. The van der Waals surface area contributed by atoms with Crippen LogP contribution in [0.1, 0.15) is 25.2 Å². The van der Waals surface area contributed by atoms with Crippen molar-refractivity contribution in [2.75, 3.05) is 6.54 Å². The van der Waals surface area contributed by atoms with Crippen LogP contribution in [-0.4, -0.2) is 27.3 Å². The van der Waals surface area contributed by atoms with Gasteiger partial charge in [0.1, 0.15) is 0 Å². The first-order valence-corrected chi connectivity index (χ1v) is 5.09. The van der Waals surface area contributed by atoms with Gasteiger partial charge in [0.2, 0.25) is 5.91 Å². The molecular weight excluding hydrogens is 190 g/mol. The molecular formula is C11H17N3O. The minimum absolute atomic E-state index is 0.0300. The van der Waals surface area contributed by atoms with E-state index < -0.39 is 0 Å². The van der Waals surface area contributed by atoms with Crippen LogP contribution in [0.5, 0.6) is 0 Å². The van der Waals surface area contributed by atoms with Crippen molar-refractivity contribution in [3.8, 4) is 0 Å². The first kappa shape index (κ1) is 11.5. The third kappa shape index (κ3) is 2.94. The highest BCUT2D eigenvalue weighted by molar-refractivity contribution is 5.87. The number of nitrogens with zero attached hydrogens (tertiary/aromatic N) is 2. The Balaban J connectivity index is 2.70. The highest BCUT2D eigenvalue weighted by atomic mass is 16.2. The molecule has 0 radical (unpaired) electrons. The number of aryl methyl sites for hydroxylation is 1. The minimum Gasteiger partial charge on any atom is -0.348 e. The maximum absolute atomic E-state index is 11.6. The molecule has 0 atom stereocenters. The average molecular weight is 207 g/mol. The summed E-state index contributed by atoms with van der Waals surface area (Å²) < 4.78 is 0. The molecule has 0 spiro atoms. The van der Waals surface area contributed by atoms with Gasteiger partial charge in [0.05, 0.1) is 18.6 Å². The molecule has 0 saturated carbocycles. The average Bonchev–Trinajstić information content (AvgIpc) is 2.61. The maximum atomic E-state index is 11.6. The van der Waals surface area contributed by atoms with Crippen LogP contribution in [0, 0.1) is 6.92 Å². The lowest BCUT2D eigenvalue weighted by Gasteiger charge is -2.18. The van der Waals surface area contributed by atoms with Crippen LogP contribution in [0.3, 0.4) is 0 Å². The molecule has 82 valence electrons. The zero-order chi connectivity index (χ0) is 11.3. The molecule has 1 amide bonds. The predicted molar refractivity (Wildman–Crippen MR) is 59.2 cm³/mol. The lowest BCUT2D eigenvalue weighted by Crippen LogP contribution is -2.29. The Morgan fingerprint density at radius 2 is 2.40 bits per heavy atom. The van der Waals surface area contributed by atoms with Crippen molar-refractivity contribution >= 4 is 5.91 Å². The number of amides is 1. The van der Waals surface area contributed by atoms with E-state index in [2.05, 4.69) is 9.97 Å². The summed E-state index contributed by atoms with van der Waals surface area (Å²) in [6.45, 7) is 7.01. The van der Waals surface area contributed by atoms with E-state index in [1.807, 2.05) is 20.8 Å². The van der Waals surface area contributed by atoms with Gasteiger partial charge in [-0.3, -0.25) is 4.79 Å². The van der Waals surface area contributed by atoms with Gasteiger partial charge >= 0.3 is 0 Å². The zero-order valence-electron chi connectivity index (χ0n) is 9.45. The van der Waals surface area contributed by atoms with Crippen LogP contribution in [0.2, 0.25) is 0 Å². The van der Waals surface area contributed by atoms with E-state index in [-0.39, 0.29) is 5.91 Å². The molecule has 1 aromatic rings. The number of likely N-dealkylation sites (N-methyl/N-ethyl adjacent to an activating group) is 1. The van der Waals surface area contributed by atoms with Crippen LogP contribution in [0.4, 0.5) is 0 Å². The number of hydrogen-bond donors (Lipinski definition) is 1. The second-order valence-electron chi connectivity index (χ2n) is 3.33. The minimum atomic E-state index is 0.0300. The number of allylic oxidation sites excluding steroid dienone is 1. The van der Waals surface area contributed by atoms with E-state index >= 15 is 0 Å². The molecule has 0 aliphatic carbocycles. The van der Waals surface area contributed by atoms with Crippen molar-refractivity contribution in [1.29, 1.82) is 0 Å². The zero-order valence-corrected chi connectivity index (χ0v) is 9.45. The fourth-order valence-electron chi connectivity index (χ4n) is 1.32. The van der Waals surface area contributed by atoms with E-state index in [9.17, 15) is 4.79 Å². The van der Waals surface area contributed by atoms with Gasteiger partial charge in [0.25, 0.3) is 0 Å². The van der Waals surface area contributed by atoms with E-state index in [1.54, 1.807) is 23.4 Å². The molecule has 0 aliphatic heterocycles. The van der Waals surface area contributed by atoms with Gasteiger partial charge in [-0.15, -0.1) is 0 Å². The van der Waals surface area contributed by atoms with Gasteiger partial charge < -0.3 is 9.88 Å². The Morgan fingerprint density at radius 3 is 2.87 bits per heavy atom. The summed E-state index contributed by atoms with van der Waals surface area (Å²) in [7, 11) is 0. The molecule has 15 heavy (non-hydrogen) atoms. The number of rotatable bonds is 4. The Morgan fingerprint density at radius 1 is 1.67 bits per heavy atom. The summed E-state index contributed by atoms with van der Waals surface area (Å²) in [5.74, 6) is 0.0300. The second-order valence-corrected chi connectivity index (χ2v) is 3.33. The molecule has 0 unspecified atom stereocenters. The second kappa shape index (κ2) is 5.34. The molecule has 4 heteroatoms. The monoisotopic (exact) mass is 207 g/mol. The van der Waals surface area contributed by atoms with Crippen molar-refractivity contribution in [2.24, 2.45) is 0 Å². The highest BCUT2D eigenvalue weighted by Crippen LogP contribution is 2.05. The molecule has 0 fully saturated rings. The van der Waals surface area contributed by atoms with Gasteiger partial charge in [-0.05, 0) is 26.8 Å². The van der Waals surface area contributed by atoms with Crippen LogP contribution in [-0.2, 0) is 11.3 Å². The van der Waals surface area contributed by atoms with Gasteiger partial charge in [-0.1, -0.05) is 6.08 Å². The summed E-state index contributed by atoms with van der Waals surface area (Å²) in [5.41, 5.74) is 1.94.